The molecular formula is C26H20BrN3O6. The molecule has 0 aliphatic carbocycles. The van der Waals surface area contributed by atoms with E-state index >= 15 is 0 Å². The SMILES string of the molecule is Cc1ccc(N2C(=O)NC(=O)/C(=C\c3ccc(OCc4ccc([N+](=O)[O-])cc4)c(Br)c3)C2=O)c(C)c1. The van der Waals surface area contributed by atoms with Gasteiger partial charge in [0.15, 0.2) is 0 Å². The third kappa shape index (κ3) is 5.18. The monoisotopic (exact) mass is 549 g/mol. The van der Waals surface area contributed by atoms with Gasteiger partial charge >= 0.3 is 6.03 Å². The molecule has 4 amide bonds. The molecule has 0 atom stereocenters. The number of hydrogen-bond donors (Lipinski definition) is 1. The van der Waals surface area contributed by atoms with Crippen molar-refractivity contribution < 1.29 is 24.0 Å². The van der Waals surface area contributed by atoms with Crippen LogP contribution in [0, 0.1) is 24.0 Å². The molecule has 10 heteroatoms. The summed E-state index contributed by atoms with van der Waals surface area (Å²) in [6.45, 7) is 3.88. The van der Waals surface area contributed by atoms with Gasteiger partial charge in [-0.1, -0.05) is 23.8 Å². The summed E-state index contributed by atoms with van der Waals surface area (Å²) in [6, 6.07) is 15.5. The van der Waals surface area contributed by atoms with Crippen LogP contribution in [0.1, 0.15) is 22.3 Å². The number of hydrogen-bond acceptors (Lipinski definition) is 6. The average Bonchev–Trinajstić information content (AvgIpc) is 2.82. The number of ether oxygens (including phenoxy) is 1. The zero-order valence-corrected chi connectivity index (χ0v) is 20.9. The van der Waals surface area contributed by atoms with E-state index in [0.29, 0.717) is 21.5 Å². The van der Waals surface area contributed by atoms with Crippen molar-refractivity contribution in [3.8, 4) is 5.75 Å². The van der Waals surface area contributed by atoms with E-state index in [4.69, 9.17) is 4.74 Å². The number of carbonyl (C=O) groups is 3. The number of barbiturate groups is 1. The molecular weight excluding hydrogens is 530 g/mol. The van der Waals surface area contributed by atoms with Gasteiger partial charge in [-0.3, -0.25) is 25.0 Å². The van der Waals surface area contributed by atoms with Crippen molar-refractivity contribution >= 4 is 51.2 Å². The summed E-state index contributed by atoms with van der Waals surface area (Å²) in [5.74, 6) is -0.993. The molecule has 182 valence electrons. The second-order valence-electron chi connectivity index (χ2n) is 8.15. The van der Waals surface area contributed by atoms with E-state index in [2.05, 4.69) is 21.2 Å². The van der Waals surface area contributed by atoms with Crippen LogP contribution in [0.4, 0.5) is 16.2 Å². The summed E-state index contributed by atoms with van der Waals surface area (Å²) in [5, 5.41) is 13.0. The van der Waals surface area contributed by atoms with Crippen molar-refractivity contribution in [2.45, 2.75) is 20.5 Å². The van der Waals surface area contributed by atoms with Crippen molar-refractivity contribution in [2.24, 2.45) is 0 Å². The molecule has 0 bridgehead atoms. The Morgan fingerprint density at radius 1 is 1.03 bits per heavy atom. The number of nitrogens with zero attached hydrogens (tertiary/aromatic N) is 2. The minimum absolute atomic E-state index is 0.00331. The number of carbonyl (C=O) groups excluding carboxylic acids is 3. The summed E-state index contributed by atoms with van der Waals surface area (Å²) in [7, 11) is 0. The van der Waals surface area contributed by atoms with Gasteiger partial charge in [0.1, 0.15) is 17.9 Å². The summed E-state index contributed by atoms with van der Waals surface area (Å²) in [6.07, 6.45) is 1.41. The van der Waals surface area contributed by atoms with Gasteiger partial charge in [-0.15, -0.1) is 0 Å². The number of non-ortho nitro benzene ring substituents is 1. The predicted octanol–water partition coefficient (Wildman–Crippen LogP) is 5.22. The number of nitrogens with one attached hydrogen (secondary N) is 1. The lowest BCUT2D eigenvalue weighted by atomic mass is 10.0. The first-order chi connectivity index (χ1) is 17.1. The van der Waals surface area contributed by atoms with Gasteiger partial charge in [-0.05, 0) is 82.9 Å². The quantitative estimate of drug-likeness (QED) is 0.195. The fourth-order valence-corrected chi connectivity index (χ4v) is 4.21. The van der Waals surface area contributed by atoms with Crippen LogP contribution in [0.3, 0.4) is 0 Å². The number of urea groups is 1. The highest BCUT2D eigenvalue weighted by Gasteiger charge is 2.37. The number of imide groups is 2. The number of benzene rings is 3. The smallest absolute Gasteiger partial charge is 0.335 e. The van der Waals surface area contributed by atoms with E-state index < -0.39 is 22.8 Å². The number of nitro groups is 1. The minimum Gasteiger partial charge on any atom is -0.488 e. The standard InChI is InChI=1S/C26H20BrN3O6/c1-15-3-9-22(16(2)11-15)29-25(32)20(24(31)28-26(29)33)12-18-6-10-23(21(27)13-18)36-14-17-4-7-19(8-5-17)30(34)35/h3-13H,14H2,1-2H3,(H,28,31,33)/b20-12+. The van der Waals surface area contributed by atoms with Gasteiger partial charge in [0.05, 0.1) is 15.1 Å². The molecule has 0 spiro atoms. The average molecular weight is 550 g/mol. The number of amides is 4. The second kappa shape index (κ2) is 10.1. The highest BCUT2D eigenvalue weighted by atomic mass is 79.9. The number of rotatable bonds is 6. The largest absolute Gasteiger partial charge is 0.488 e. The van der Waals surface area contributed by atoms with E-state index in [-0.39, 0.29) is 17.9 Å². The second-order valence-corrected chi connectivity index (χ2v) is 9.00. The lowest BCUT2D eigenvalue weighted by Gasteiger charge is -2.27. The van der Waals surface area contributed by atoms with Gasteiger partial charge in [0.25, 0.3) is 17.5 Å². The maximum Gasteiger partial charge on any atom is 0.335 e. The Hall–Kier alpha value is -4.31. The Morgan fingerprint density at radius 3 is 2.39 bits per heavy atom. The zero-order chi connectivity index (χ0) is 26.0. The van der Waals surface area contributed by atoms with Gasteiger partial charge < -0.3 is 4.74 Å². The van der Waals surface area contributed by atoms with Crippen LogP contribution in [-0.2, 0) is 16.2 Å². The Labute approximate surface area is 214 Å². The van der Waals surface area contributed by atoms with E-state index in [1.807, 2.05) is 13.0 Å². The molecule has 3 aromatic rings. The Balaban J connectivity index is 1.54. The van der Waals surface area contributed by atoms with Crippen LogP contribution >= 0.6 is 15.9 Å². The Morgan fingerprint density at radius 2 is 1.75 bits per heavy atom. The molecule has 0 radical (unpaired) electrons. The summed E-state index contributed by atoms with van der Waals surface area (Å²) in [5.41, 5.74) is 3.21. The predicted molar refractivity (Wildman–Crippen MR) is 136 cm³/mol. The molecule has 1 fully saturated rings. The fraction of sp³-hybridized carbons (Fsp3) is 0.115. The molecule has 3 aromatic carbocycles. The lowest BCUT2D eigenvalue weighted by molar-refractivity contribution is -0.384. The van der Waals surface area contributed by atoms with Crippen LogP contribution in [0.15, 0.2) is 70.7 Å². The first-order valence-electron chi connectivity index (χ1n) is 10.8. The lowest BCUT2D eigenvalue weighted by Crippen LogP contribution is -2.54. The van der Waals surface area contributed by atoms with Gasteiger partial charge in [0.2, 0.25) is 0 Å². The summed E-state index contributed by atoms with van der Waals surface area (Å²) >= 11 is 3.43. The molecule has 1 N–H and O–H groups in total. The molecule has 9 nitrogen and oxygen atoms in total. The van der Waals surface area contributed by atoms with Crippen LogP contribution in [-0.4, -0.2) is 22.8 Å². The van der Waals surface area contributed by atoms with Gasteiger partial charge in [-0.2, -0.15) is 0 Å². The van der Waals surface area contributed by atoms with Crippen LogP contribution < -0.4 is 15.0 Å². The maximum absolute atomic E-state index is 13.2. The van der Waals surface area contributed by atoms with E-state index in [1.165, 1.54) is 18.2 Å². The minimum atomic E-state index is -0.801. The van der Waals surface area contributed by atoms with Crippen LogP contribution in [0.5, 0.6) is 5.75 Å². The van der Waals surface area contributed by atoms with Gasteiger partial charge in [-0.25, -0.2) is 9.69 Å². The summed E-state index contributed by atoms with van der Waals surface area (Å²) in [4.78, 5) is 49.4. The Kier molecular flexibility index (Phi) is 6.98. The first kappa shape index (κ1) is 24.8. The number of nitro benzene ring substituents is 1. The molecule has 36 heavy (non-hydrogen) atoms. The van der Waals surface area contributed by atoms with Gasteiger partial charge in [0, 0.05) is 12.1 Å². The van der Waals surface area contributed by atoms with E-state index in [0.717, 1.165) is 21.6 Å². The molecule has 0 saturated carbocycles. The third-order valence-electron chi connectivity index (χ3n) is 5.50. The number of halogens is 1. The van der Waals surface area contributed by atoms with Crippen molar-refractivity contribution in [3.05, 3.63) is 103 Å². The number of anilines is 1. The summed E-state index contributed by atoms with van der Waals surface area (Å²) < 4.78 is 6.36. The van der Waals surface area contributed by atoms with E-state index in [1.54, 1.807) is 49.4 Å². The zero-order valence-electron chi connectivity index (χ0n) is 19.3. The first-order valence-corrected chi connectivity index (χ1v) is 11.6. The van der Waals surface area contributed by atoms with Crippen molar-refractivity contribution in [1.82, 2.24) is 5.32 Å². The van der Waals surface area contributed by atoms with E-state index in [9.17, 15) is 24.5 Å². The molecule has 1 saturated heterocycles. The molecule has 0 unspecified atom stereocenters. The fourth-order valence-electron chi connectivity index (χ4n) is 3.70. The van der Waals surface area contributed by atoms with Crippen molar-refractivity contribution in [3.63, 3.8) is 0 Å². The maximum atomic E-state index is 13.2. The number of aryl methyl sites for hydroxylation is 2. The highest BCUT2D eigenvalue weighted by molar-refractivity contribution is 9.10. The molecule has 1 heterocycles. The van der Waals surface area contributed by atoms with Crippen LogP contribution in [0.2, 0.25) is 0 Å². The molecule has 1 aliphatic rings. The van der Waals surface area contributed by atoms with Crippen molar-refractivity contribution in [1.29, 1.82) is 0 Å². The normalized spacial score (nSPS) is 14.7. The molecule has 1 aliphatic heterocycles. The van der Waals surface area contributed by atoms with Crippen molar-refractivity contribution in [2.75, 3.05) is 4.90 Å². The third-order valence-corrected chi connectivity index (χ3v) is 6.12. The Bertz CT molecular complexity index is 1430. The highest BCUT2D eigenvalue weighted by Crippen LogP contribution is 2.30. The topological polar surface area (TPSA) is 119 Å². The molecule has 0 aromatic heterocycles. The van der Waals surface area contributed by atoms with Crippen LogP contribution in [0.25, 0.3) is 6.08 Å². The molecule has 4 rings (SSSR count).